The standard InChI is InChI=1S/C17H27NO2S/c1-5-18-15-9-10-17(3,4)12-16(15)21(19,20)14-8-6-7-13(2)11-14/h6-8,11,15-16,18H,5,9-10,12H2,1-4H3. The maximum absolute atomic E-state index is 13.1. The molecule has 2 rings (SSSR count). The summed E-state index contributed by atoms with van der Waals surface area (Å²) in [5.74, 6) is 0. The van der Waals surface area contributed by atoms with E-state index >= 15 is 0 Å². The fraction of sp³-hybridized carbons (Fsp3) is 0.647. The summed E-state index contributed by atoms with van der Waals surface area (Å²) in [7, 11) is -3.29. The molecule has 118 valence electrons. The Morgan fingerprint density at radius 2 is 2.05 bits per heavy atom. The van der Waals surface area contributed by atoms with Gasteiger partial charge in [-0.2, -0.15) is 0 Å². The minimum Gasteiger partial charge on any atom is -0.313 e. The fourth-order valence-corrected chi connectivity index (χ4v) is 5.61. The zero-order valence-corrected chi connectivity index (χ0v) is 14.3. The molecule has 1 N–H and O–H groups in total. The van der Waals surface area contributed by atoms with E-state index in [2.05, 4.69) is 19.2 Å². The molecule has 1 aliphatic rings. The average molecular weight is 309 g/mol. The number of nitrogens with one attached hydrogen (secondary N) is 1. The quantitative estimate of drug-likeness (QED) is 0.928. The second-order valence-electron chi connectivity index (χ2n) is 6.97. The van der Waals surface area contributed by atoms with Gasteiger partial charge in [-0.05, 0) is 55.8 Å². The SMILES string of the molecule is CCNC1CCC(C)(C)CC1S(=O)(=O)c1cccc(C)c1. The number of benzene rings is 1. The average Bonchev–Trinajstić information content (AvgIpc) is 2.40. The van der Waals surface area contributed by atoms with Crippen molar-refractivity contribution in [2.75, 3.05) is 6.54 Å². The van der Waals surface area contributed by atoms with Crippen molar-refractivity contribution in [1.29, 1.82) is 0 Å². The highest BCUT2D eigenvalue weighted by molar-refractivity contribution is 7.92. The number of sulfone groups is 1. The third kappa shape index (κ3) is 3.67. The first-order valence-electron chi connectivity index (χ1n) is 7.80. The number of hydrogen-bond donors (Lipinski definition) is 1. The molecule has 0 saturated heterocycles. The van der Waals surface area contributed by atoms with Gasteiger partial charge in [-0.15, -0.1) is 0 Å². The van der Waals surface area contributed by atoms with Crippen LogP contribution in [-0.4, -0.2) is 26.3 Å². The molecule has 1 aliphatic carbocycles. The minimum atomic E-state index is -3.29. The first kappa shape index (κ1) is 16.5. The fourth-order valence-electron chi connectivity index (χ4n) is 3.31. The summed E-state index contributed by atoms with van der Waals surface area (Å²) >= 11 is 0. The van der Waals surface area contributed by atoms with E-state index in [0.717, 1.165) is 31.4 Å². The topological polar surface area (TPSA) is 46.2 Å². The lowest BCUT2D eigenvalue weighted by atomic mass is 9.75. The summed E-state index contributed by atoms with van der Waals surface area (Å²) in [4.78, 5) is 0.466. The molecule has 0 heterocycles. The van der Waals surface area contributed by atoms with Crippen LogP contribution in [0, 0.1) is 12.3 Å². The molecule has 0 aromatic heterocycles. The molecule has 3 nitrogen and oxygen atoms in total. The maximum Gasteiger partial charge on any atom is 0.182 e. The second-order valence-corrected chi connectivity index (χ2v) is 9.14. The Labute approximate surface area is 129 Å². The molecular formula is C17H27NO2S. The van der Waals surface area contributed by atoms with Crippen molar-refractivity contribution in [3.8, 4) is 0 Å². The summed E-state index contributed by atoms with van der Waals surface area (Å²) in [5, 5.41) is 3.05. The van der Waals surface area contributed by atoms with Crippen LogP contribution in [0.2, 0.25) is 0 Å². The Hall–Kier alpha value is -0.870. The van der Waals surface area contributed by atoms with Crippen LogP contribution >= 0.6 is 0 Å². The molecule has 4 heteroatoms. The van der Waals surface area contributed by atoms with Gasteiger partial charge in [0.2, 0.25) is 0 Å². The van der Waals surface area contributed by atoms with E-state index in [1.807, 2.05) is 26.0 Å². The summed E-state index contributed by atoms with van der Waals surface area (Å²) in [6, 6.07) is 7.35. The molecule has 1 aromatic carbocycles. The lowest BCUT2D eigenvalue weighted by molar-refractivity contribution is 0.210. The van der Waals surface area contributed by atoms with Crippen LogP contribution in [0.25, 0.3) is 0 Å². The van der Waals surface area contributed by atoms with E-state index in [4.69, 9.17) is 0 Å². The summed E-state index contributed by atoms with van der Waals surface area (Å²) in [6.07, 6.45) is 2.72. The highest BCUT2D eigenvalue weighted by Gasteiger charge is 2.42. The van der Waals surface area contributed by atoms with Gasteiger partial charge in [-0.3, -0.25) is 0 Å². The molecule has 0 spiro atoms. The first-order valence-corrected chi connectivity index (χ1v) is 9.35. The van der Waals surface area contributed by atoms with Gasteiger partial charge in [-0.1, -0.05) is 32.9 Å². The molecule has 0 radical (unpaired) electrons. The van der Waals surface area contributed by atoms with Crippen LogP contribution in [0.4, 0.5) is 0 Å². The van der Waals surface area contributed by atoms with Gasteiger partial charge < -0.3 is 5.32 Å². The minimum absolute atomic E-state index is 0.0635. The van der Waals surface area contributed by atoms with Crippen LogP contribution in [0.5, 0.6) is 0 Å². The molecular weight excluding hydrogens is 282 g/mol. The zero-order valence-electron chi connectivity index (χ0n) is 13.5. The van der Waals surface area contributed by atoms with Crippen LogP contribution in [0.15, 0.2) is 29.2 Å². The molecule has 1 saturated carbocycles. The Bertz CT molecular complexity index is 593. The van der Waals surface area contributed by atoms with Crippen molar-refractivity contribution in [3.05, 3.63) is 29.8 Å². The normalized spacial score (nSPS) is 25.7. The van der Waals surface area contributed by atoms with Crippen molar-refractivity contribution in [2.45, 2.75) is 63.1 Å². The summed E-state index contributed by atoms with van der Waals surface area (Å²) in [6.45, 7) is 9.13. The molecule has 0 aliphatic heterocycles. The predicted octanol–water partition coefficient (Wildman–Crippen LogP) is 3.33. The molecule has 1 aromatic rings. The summed E-state index contributed by atoms with van der Waals surface area (Å²) < 4.78 is 26.1. The molecule has 21 heavy (non-hydrogen) atoms. The van der Waals surface area contributed by atoms with Crippen molar-refractivity contribution in [3.63, 3.8) is 0 Å². The van der Waals surface area contributed by atoms with Gasteiger partial charge >= 0.3 is 0 Å². The van der Waals surface area contributed by atoms with Crippen molar-refractivity contribution >= 4 is 9.84 Å². The predicted molar refractivity (Wildman–Crippen MR) is 87.2 cm³/mol. The maximum atomic E-state index is 13.1. The highest BCUT2D eigenvalue weighted by Crippen LogP contribution is 2.40. The van der Waals surface area contributed by atoms with Crippen molar-refractivity contribution < 1.29 is 8.42 Å². The monoisotopic (exact) mass is 309 g/mol. The number of aryl methyl sites for hydroxylation is 1. The van der Waals surface area contributed by atoms with Gasteiger partial charge in [-0.25, -0.2) is 8.42 Å². The third-order valence-corrected chi connectivity index (χ3v) is 6.72. The van der Waals surface area contributed by atoms with Gasteiger partial charge in [0.05, 0.1) is 10.1 Å². The highest BCUT2D eigenvalue weighted by atomic mass is 32.2. The summed E-state index contributed by atoms with van der Waals surface area (Å²) in [5.41, 5.74) is 1.08. The van der Waals surface area contributed by atoms with E-state index in [0.29, 0.717) is 4.90 Å². The Morgan fingerprint density at radius 1 is 1.33 bits per heavy atom. The Balaban J connectivity index is 2.38. The lowest BCUT2D eigenvalue weighted by Crippen LogP contribution is -2.49. The van der Waals surface area contributed by atoms with Gasteiger partial charge in [0.15, 0.2) is 9.84 Å². The Morgan fingerprint density at radius 3 is 2.67 bits per heavy atom. The van der Waals surface area contributed by atoms with Crippen LogP contribution < -0.4 is 5.32 Å². The molecule has 2 unspecified atom stereocenters. The molecule has 0 bridgehead atoms. The number of hydrogen-bond acceptors (Lipinski definition) is 3. The first-order chi connectivity index (χ1) is 9.76. The number of rotatable bonds is 4. The van der Waals surface area contributed by atoms with E-state index in [-0.39, 0.29) is 16.7 Å². The zero-order chi connectivity index (χ0) is 15.7. The van der Waals surface area contributed by atoms with E-state index in [1.54, 1.807) is 12.1 Å². The van der Waals surface area contributed by atoms with Crippen LogP contribution in [-0.2, 0) is 9.84 Å². The largest absolute Gasteiger partial charge is 0.313 e. The van der Waals surface area contributed by atoms with E-state index in [1.165, 1.54) is 0 Å². The van der Waals surface area contributed by atoms with Crippen LogP contribution in [0.1, 0.15) is 45.6 Å². The van der Waals surface area contributed by atoms with Crippen molar-refractivity contribution in [1.82, 2.24) is 5.32 Å². The van der Waals surface area contributed by atoms with Crippen LogP contribution in [0.3, 0.4) is 0 Å². The smallest absolute Gasteiger partial charge is 0.182 e. The molecule has 0 amide bonds. The second kappa shape index (κ2) is 6.09. The molecule has 1 fully saturated rings. The lowest BCUT2D eigenvalue weighted by Gasteiger charge is -2.40. The van der Waals surface area contributed by atoms with Gasteiger partial charge in [0.25, 0.3) is 0 Å². The van der Waals surface area contributed by atoms with Gasteiger partial charge in [0.1, 0.15) is 0 Å². The third-order valence-electron chi connectivity index (χ3n) is 4.52. The van der Waals surface area contributed by atoms with E-state index < -0.39 is 9.84 Å². The van der Waals surface area contributed by atoms with Gasteiger partial charge in [0, 0.05) is 6.04 Å². The molecule has 2 atom stereocenters. The van der Waals surface area contributed by atoms with E-state index in [9.17, 15) is 8.42 Å². The van der Waals surface area contributed by atoms with Crippen molar-refractivity contribution in [2.24, 2.45) is 5.41 Å². The Kier molecular flexibility index (Phi) is 4.79.